The Labute approximate surface area is 275 Å². The van der Waals surface area contributed by atoms with Crippen molar-refractivity contribution in [3.8, 4) is 22.3 Å². The van der Waals surface area contributed by atoms with Gasteiger partial charge < -0.3 is 0 Å². The highest BCUT2D eigenvalue weighted by Crippen LogP contribution is 2.47. The van der Waals surface area contributed by atoms with E-state index in [1.807, 2.05) is 0 Å². The van der Waals surface area contributed by atoms with Crippen LogP contribution in [0.25, 0.3) is 65.3 Å². The van der Waals surface area contributed by atoms with Crippen molar-refractivity contribution in [2.45, 2.75) is 79.1 Å². The first-order valence-electron chi connectivity index (χ1n) is 17.7. The van der Waals surface area contributed by atoms with Crippen molar-refractivity contribution in [2.24, 2.45) is 0 Å². The Morgan fingerprint density at radius 3 is 0.804 bits per heavy atom. The van der Waals surface area contributed by atoms with E-state index in [1.165, 1.54) is 87.6 Å². The molecule has 0 spiro atoms. The van der Waals surface area contributed by atoms with Gasteiger partial charge >= 0.3 is 0 Å². The summed E-state index contributed by atoms with van der Waals surface area (Å²) in [5.74, 6) is 0. The van der Waals surface area contributed by atoms with Gasteiger partial charge in [-0.15, -0.1) is 0 Å². The SMILES string of the molecule is CCCc1ccc(CCC)c2cc3c(-c4ccccc4)c4cc5c(CCC)ccc(CCC)c5cc4c(-c4ccccc4)c3cc12. The van der Waals surface area contributed by atoms with Crippen LogP contribution in [0.2, 0.25) is 0 Å². The summed E-state index contributed by atoms with van der Waals surface area (Å²) in [7, 11) is 0. The Balaban J connectivity index is 1.76. The summed E-state index contributed by atoms with van der Waals surface area (Å²) >= 11 is 0. The first kappa shape index (κ1) is 30.2. The van der Waals surface area contributed by atoms with Gasteiger partial charge in [0.15, 0.2) is 0 Å². The minimum Gasteiger partial charge on any atom is -0.0651 e. The van der Waals surface area contributed by atoms with Crippen LogP contribution in [0, 0.1) is 0 Å². The van der Waals surface area contributed by atoms with Gasteiger partial charge in [0, 0.05) is 0 Å². The number of hydrogen-bond donors (Lipinski definition) is 0. The van der Waals surface area contributed by atoms with Gasteiger partial charge in [-0.3, -0.25) is 0 Å². The monoisotopic (exact) mass is 598 g/mol. The van der Waals surface area contributed by atoms with Crippen molar-refractivity contribution >= 4 is 43.1 Å². The molecule has 0 fully saturated rings. The van der Waals surface area contributed by atoms with Gasteiger partial charge in [0.1, 0.15) is 0 Å². The highest BCUT2D eigenvalue weighted by molar-refractivity contribution is 6.26. The second-order valence-corrected chi connectivity index (χ2v) is 13.1. The molecule has 0 amide bonds. The van der Waals surface area contributed by atoms with Gasteiger partial charge in [-0.05, 0) is 138 Å². The Bertz CT molecular complexity index is 1890. The van der Waals surface area contributed by atoms with Crippen LogP contribution in [0.5, 0.6) is 0 Å². The molecular weight excluding hydrogens is 553 g/mol. The smallest absolute Gasteiger partial charge is 0.00259 e. The molecule has 0 atom stereocenters. The number of rotatable bonds is 10. The van der Waals surface area contributed by atoms with Crippen LogP contribution in [0.15, 0.2) is 109 Å². The maximum atomic E-state index is 2.56. The average molecular weight is 599 g/mol. The van der Waals surface area contributed by atoms with Crippen molar-refractivity contribution in [1.29, 1.82) is 0 Å². The van der Waals surface area contributed by atoms with Crippen LogP contribution in [-0.4, -0.2) is 0 Å². The Hall–Kier alpha value is -4.42. The molecule has 0 heterocycles. The minimum absolute atomic E-state index is 1.10. The Morgan fingerprint density at radius 1 is 0.304 bits per heavy atom. The van der Waals surface area contributed by atoms with Crippen molar-refractivity contribution in [1.82, 2.24) is 0 Å². The molecule has 230 valence electrons. The third-order valence-corrected chi connectivity index (χ3v) is 9.95. The molecule has 0 aliphatic heterocycles. The van der Waals surface area contributed by atoms with Crippen LogP contribution in [-0.2, 0) is 25.7 Å². The molecule has 0 aromatic heterocycles. The summed E-state index contributed by atoms with van der Waals surface area (Å²) in [6, 6.07) is 42.2. The third-order valence-electron chi connectivity index (χ3n) is 9.95. The summed E-state index contributed by atoms with van der Waals surface area (Å²) in [5.41, 5.74) is 11.2. The molecular formula is C46H46. The van der Waals surface area contributed by atoms with Crippen LogP contribution in [0.4, 0.5) is 0 Å². The molecule has 0 aliphatic carbocycles. The average Bonchev–Trinajstić information content (AvgIpc) is 3.09. The van der Waals surface area contributed by atoms with Crippen molar-refractivity contribution in [3.05, 3.63) is 131 Å². The third kappa shape index (κ3) is 5.28. The first-order valence-corrected chi connectivity index (χ1v) is 17.7. The number of aryl methyl sites for hydroxylation is 4. The predicted octanol–water partition coefficient (Wildman–Crippen LogP) is 13.4. The second-order valence-electron chi connectivity index (χ2n) is 13.1. The Kier molecular flexibility index (Phi) is 8.63. The largest absolute Gasteiger partial charge is 0.0651 e. The molecule has 0 nitrogen and oxygen atoms in total. The van der Waals surface area contributed by atoms with Crippen molar-refractivity contribution < 1.29 is 0 Å². The van der Waals surface area contributed by atoms with Gasteiger partial charge in [0.05, 0.1) is 0 Å². The number of fused-ring (bicyclic) bond motifs is 4. The summed E-state index contributed by atoms with van der Waals surface area (Å²) in [5, 5.41) is 11.1. The van der Waals surface area contributed by atoms with E-state index in [0.717, 1.165) is 51.4 Å². The standard InChI is InChI=1S/C46H46/c1-5-15-31-23-24-32(16-6-2)38-28-42-41(27-37(31)38)45(35-19-11-9-12-20-35)43-29-39-33(17-7-3)25-26-34(18-8-4)40(39)30-44(43)46(42)36-21-13-10-14-22-36/h9-14,19-30H,5-8,15-18H2,1-4H3. The number of benzene rings is 7. The summed E-state index contributed by atoms with van der Waals surface area (Å²) in [4.78, 5) is 0. The molecule has 0 bridgehead atoms. The quantitative estimate of drug-likeness (QED) is 0.137. The lowest BCUT2D eigenvalue weighted by Crippen LogP contribution is -1.97. The maximum absolute atomic E-state index is 2.56. The fourth-order valence-corrected chi connectivity index (χ4v) is 7.92. The predicted molar refractivity (Wildman–Crippen MR) is 203 cm³/mol. The van der Waals surface area contributed by atoms with E-state index in [0.29, 0.717) is 0 Å². The summed E-state index contributed by atoms with van der Waals surface area (Å²) in [6.07, 6.45) is 8.96. The lowest BCUT2D eigenvalue weighted by atomic mass is 9.81. The van der Waals surface area contributed by atoms with Crippen LogP contribution < -0.4 is 0 Å². The molecule has 0 saturated carbocycles. The molecule has 7 aromatic rings. The molecule has 0 radical (unpaired) electrons. The van der Waals surface area contributed by atoms with E-state index in [9.17, 15) is 0 Å². The van der Waals surface area contributed by atoms with E-state index in [2.05, 4.69) is 137 Å². The fourth-order valence-electron chi connectivity index (χ4n) is 7.92. The van der Waals surface area contributed by atoms with E-state index in [4.69, 9.17) is 0 Å². The molecule has 0 N–H and O–H groups in total. The molecule has 7 rings (SSSR count). The zero-order valence-electron chi connectivity index (χ0n) is 28.0. The summed E-state index contributed by atoms with van der Waals surface area (Å²) < 4.78 is 0. The molecule has 0 unspecified atom stereocenters. The first-order chi connectivity index (χ1) is 22.7. The molecule has 7 aromatic carbocycles. The van der Waals surface area contributed by atoms with E-state index in [1.54, 1.807) is 0 Å². The highest BCUT2D eigenvalue weighted by Gasteiger charge is 2.21. The Morgan fingerprint density at radius 2 is 0.565 bits per heavy atom. The zero-order chi connectivity index (χ0) is 31.6. The van der Waals surface area contributed by atoms with E-state index in [-0.39, 0.29) is 0 Å². The topological polar surface area (TPSA) is 0 Å². The lowest BCUT2D eigenvalue weighted by molar-refractivity contribution is 0.916. The van der Waals surface area contributed by atoms with Crippen LogP contribution in [0.3, 0.4) is 0 Å². The number of hydrogen-bond acceptors (Lipinski definition) is 0. The second kappa shape index (κ2) is 13.1. The zero-order valence-corrected chi connectivity index (χ0v) is 28.0. The maximum Gasteiger partial charge on any atom is -0.00259 e. The van der Waals surface area contributed by atoms with Gasteiger partial charge in [-0.2, -0.15) is 0 Å². The van der Waals surface area contributed by atoms with Crippen LogP contribution in [0.1, 0.15) is 75.6 Å². The fraction of sp³-hybridized carbons (Fsp3) is 0.261. The molecule has 0 saturated heterocycles. The molecule has 46 heavy (non-hydrogen) atoms. The van der Waals surface area contributed by atoms with Crippen molar-refractivity contribution in [3.63, 3.8) is 0 Å². The van der Waals surface area contributed by atoms with Gasteiger partial charge in [0.25, 0.3) is 0 Å². The van der Waals surface area contributed by atoms with Crippen molar-refractivity contribution in [2.75, 3.05) is 0 Å². The normalized spacial score (nSPS) is 11.7. The van der Waals surface area contributed by atoms with Gasteiger partial charge in [-0.1, -0.05) is 138 Å². The minimum atomic E-state index is 1.10. The molecule has 0 aliphatic rings. The van der Waals surface area contributed by atoms with Gasteiger partial charge in [0.2, 0.25) is 0 Å². The highest BCUT2D eigenvalue weighted by atomic mass is 14.2. The lowest BCUT2D eigenvalue weighted by Gasteiger charge is -2.22. The van der Waals surface area contributed by atoms with E-state index >= 15 is 0 Å². The van der Waals surface area contributed by atoms with E-state index < -0.39 is 0 Å². The van der Waals surface area contributed by atoms with Crippen LogP contribution >= 0.6 is 0 Å². The summed E-state index contributed by atoms with van der Waals surface area (Å²) in [6.45, 7) is 9.20. The molecule has 0 heteroatoms. The van der Waals surface area contributed by atoms with Gasteiger partial charge in [-0.25, -0.2) is 0 Å².